The van der Waals surface area contributed by atoms with E-state index in [0.717, 1.165) is 0 Å². The van der Waals surface area contributed by atoms with E-state index in [0.29, 0.717) is 5.69 Å². The first kappa shape index (κ1) is 13.8. The number of benzene rings is 1. The first-order chi connectivity index (χ1) is 8.49. The van der Waals surface area contributed by atoms with Crippen LogP contribution in [0.2, 0.25) is 0 Å². The van der Waals surface area contributed by atoms with Gasteiger partial charge >= 0.3 is 12.1 Å². The van der Waals surface area contributed by atoms with E-state index in [9.17, 15) is 9.59 Å². The summed E-state index contributed by atoms with van der Waals surface area (Å²) in [6.45, 7) is 2.98. The van der Waals surface area contributed by atoms with Crippen LogP contribution >= 0.6 is 0 Å². The van der Waals surface area contributed by atoms with Gasteiger partial charge in [0.2, 0.25) is 0 Å². The van der Waals surface area contributed by atoms with E-state index >= 15 is 0 Å². The zero-order chi connectivity index (χ0) is 13.5. The summed E-state index contributed by atoms with van der Waals surface area (Å²) in [5.41, 5.74) is 0.365. The SMILES string of the molecule is CC(C)OC(=O)Nc1ccccc1OCC(=O)O. The molecule has 18 heavy (non-hydrogen) atoms. The minimum atomic E-state index is -1.09. The lowest BCUT2D eigenvalue weighted by Crippen LogP contribution is -2.19. The molecular weight excluding hydrogens is 238 g/mol. The third-order valence-electron chi connectivity index (χ3n) is 1.82. The van der Waals surface area contributed by atoms with E-state index in [1.165, 1.54) is 0 Å². The second-order valence-corrected chi connectivity index (χ2v) is 3.76. The summed E-state index contributed by atoms with van der Waals surface area (Å²) in [7, 11) is 0. The van der Waals surface area contributed by atoms with Gasteiger partial charge in [-0.15, -0.1) is 0 Å². The van der Waals surface area contributed by atoms with Gasteiger partial charge in [-0.3, -0.25) is 5.32 Å². The quantitative estimate of drug-likeness (QED) is 0.839. The van der Waals surface area contributed by atoms with Crippen LogP contribution in [0.1, 0.15) is 13.8 Å². The van der Waals surface area contributed by atoms with Crippen LogP contribution in [-0.4, -0.2) is 29.9 Å². The third-order valence-corrected chi connectivity index (χ3v) is 1.82. The maximum absolute atomic E-state index is 11.4. The van der Waals surface area contributed by atoms with E-state index < -0.39 is 18.7 Å². The highest BCUT2D eigenvalue weighted by Crippen LogP contribution is 2.23. The number of carbonyl (C=O) groups is 2. The number of nitrogens with one attached hydrogen (secondary N) is 1. The lowest BCUT2D eigenvalue weighted by molar-refractivity contribution is -0.139. The molecule has 0 bridgehead atoms. The van der Waals surface area contributed by atoms with Crippen molar-refractivity contribution in [3.63, 3.8) is 0 Å². The first-order valence-corrected chi connectivity index (χ1v) is 5.40. The normalized spacial score (nSPS) is 9.94. The number of hydrogen-bond donors (Lipinski definition) is 2. The number of anilines is 1. The van der Waals surface area contributed by atoms with E-state index in [1.807, 2.05) is 0 Å². The zero-order valence-corrected chi connectivity index (χ0v) is 10.2. The van der Waals surface area contributed by atoms with Crippen LogP contribution in [0.4, 0.5) is 10.5 Å². The highest BCUT2D eigenvalue weighted by Gasteiger charge is 2.10. The minimum Gasteiger partial charge on any atom is -0.480 e. The zero-order valence-electron chi connectivity index (χ0n) is 10.2. The molecule has 0 aliphatic carbocycles. The number of aliphatic carboxylic acids is 1. The van der Waals surface area contributed by atoms with Crippen molar-refractivity contribution in [2.24, 2.45) is 0 Å². The fourth-order valence-corrected chi connectivity index (χ4v) is 1.19. The van der Waals surface area contributed by atoms with Gasteiger partial charge in [0.25, 0.3) is 0 Å². The van der Waals surface area contributed by atoms with Crippen LogP contribution in [0.3, 0.4) is 0 Å². The summed E-state index contributed by atoms with van der Waals surface area (Å²) in [5, 5.41) is 11.0. The molecule has 98 valence electrons. The molecule has 1 amide bonds. The second kappa shape index (κ2) is 6.48. The Kier molecular flexibility index (Phi) is 4.98. The van der Waals surface area contributed by atoms with Gasteiger partial charge in [0.1, 0.15) is 5.75 Å². The predicted molar refractivity (Wildman–Crippen MR) is 64.8 cm³/mol. The van der Waals surface area contributed by atoms with Gasteiger partial charge in [-0.25, -0.2) is 9.59 Å². The molecule has 6 nitrogen and oxygen atoms in total. The van der Waals surface area contributed by atoms with Crippen LogP contribution in [0.15, 0.2) is 24.3 Å². The lowest BCUT2D eigenvalue weighted by atomic mass is 10.3. The highest BCUT2D eigenvalue weighted by molar-refractivity contribution is 5.86. The maximum atomic E-state index is 11.4. The Balaban J connectivity index is 2.69. The average Bonchev–Trinajstić information content (AvgIpc) is 2.26. The Morgan fingerprint density at radius 2 is 2.00 bits per heavy atom. The third kappa shape index (κ3) is 4.73. The van der Waals surface area contributed by atoms with E-state index in [1.54, 1.807) is 38.1 Å². The topological polar surface area (TPSA) is 84.9 Å². The largest absolute Gasteiger partial charge is 0.480 e. The molecular formula is C12H15NO5. The molecule has 1 aromatic carbocycles. The van der Waals surface area contributed by atoms with Crippen LogP contribution in [0.5, 0.6) is 5.75 Å². The van der Waals surface area contributed by atoms with Crippen molar-refractivity contribution in [2.75, 3.05) is 11.9 Å². The number of carbonyl (C=O) groups excluding carboxylic acids is 1. The minimum absolute atomic E-state index is 0.239. The number of para-hydroxylation sites is 2. The lowest BCUT2D eigenvalue weighted by Gasteiger charge is -2.12. The smallest absolute Gasteiger partial charge is 0.411 e. The summed E-state index contributed by atoms with van der Waals surface area (Å²) in [4.78, 5) is 21.8. The number of carboxylic acids is 1. The highest BCUT2D eigenvalue weighted by atomic mass is 16.6. The maximum Gasteiger partial charge on any atom is 0.411 e. The summed E-state index contributed by atoms with van der Waals surface area (Å²) in [6, 6.07) is 6.53. The number of rotatable bonds is 5. The van der Waals surface area contributed by atoms with Gasteiger partial charge in [0.15, 0.2) is 6.61 Å². The predicted octanol–water partition coefficient (Wildman–Crippen LogP) is 2.11. The van der Waals surface area contributed by atoms with Gasteiger partial charge in [-0.05, 0) is 26.0 Å². The molecule has 0 unspecified atom stereocenters. The molecule has 1 aromatic rings. The molecule has 0 aromatic heterocycles. The molecule has 0 aliphatic heterocycles. The van der Waals surface area contributed by atoms with Gasteiger partial charge in [0.05, 0.1) is 11.8 Å². The number of carboxylic acid groups (broad SMARTS) is 1. The van der Waals surface area contributed by atoms with E-state index in [4.69, 9.17) is 14.6 Å². The Morgan fingerprint density at radius 1 is 1.33 bits per heavy atom. The summed E-state index contributed by atoms with van der Waals surface area (Å²) in [6.07, 6.45) is -0.853. The standard InChI is InChI=1S/C12H15NO5/c1-8(2)18-12(16)13-9-5-3-4-6-10(9)17-7-11(14)15/h3-6,8H,7H2,1-2H3,(H,13,16)(H,14,15). The Labute approximate surface area is 105 Å². The molecule has 0 radical (unpaired) electrons. The fraction of sp³-hybridized carbons (Fsp3) is 0.333. The second-order valence-electron chi connectivity index (χ2n) is 3.76. The molecule has 0 heterocycles. The molecule has 0 atom stereocenters. The van der Waals surface area contributed by atoms with Gasteiger partial charge in [-0.2, -0.15) is 0 Å². The Bertz CT molecular complexity index is 430. The molecule has 0 spiro atoms. The molecule has 2 N–H and O–H groups in total. The fourth-order valence-electron chi connectivity index (χ4n) is 1.19. The molecule has 0 aliphatic rings. The van der Waals surface area contributed by atoms with Gasteiger partial charge in [-0.1, -0.05) is 12.1 Å². The molecule has 0 saturated heterocycles. The van der Waals surface area contributed by atoms with Crippen LogP contribution in [0, 0.1) is 0 Å². The van der Waals surface area contributed by atoms with E-state index in [-0.39, 0.29) is 11.9 Å². The number of amides is 1. The van der Waals surface area contributed by atoms with E-state index in [2.05, 4.69) is 5.32 Å². The van der Waals surface area contributed by atoms with Gasteiger partial charge < -0.3 is 14.6 Å². The first-order valence-electron chi connectivity index (χ1n) is 5.40. The van der Waals surface area contributed by atoms with Gasteiger partial charge in [0, 0.05) is 0 Å². The Morgan fingerprint density at radius 3 is 2.61 bits per heavy atom. The van der Waals surface area contributed by atoms with Crippen molar-refractivity contribution < 1.29 is 24.2 Å². The van der Waals surface area contributed by atoms with Crippen LogP contribution in [-0.2, 0) is 9.53 Å². The summed E-state index contributed by atoms with van der Waals surface area (Å²) < 4.78 is 9.95. The number of ether oxygens (including phenoxy) is 2. The summed E-state index contributed by atoms with van der Waals surface area (Å²) >= 11 is 0. The molecule has 0 fully saturated rings. The van der Waals surface area contributed by atoms with Crippen molar-refractivity contribution in [1.29, 1.82) is 0 Å². The molecule has 1 rings (SSSR count). The molecule has 6 heteroatoms. The Hall–Kier alpha value is -2.24. The average molecular weight is 253 g/mol. The number of hydrogen-bond acceptors (Lipinski definition) is 4. The van der Waals surface area contributed by atoms with Crippen molar-refractivity contribution in [3.8, 4) is 5.75 Å². The van der Waals surface area contributed by atoms with Crippen molar-refractivity contribution in [2.45, 2.75) is 20.0 Å². The van der Waals surface area contributed by atoms with Crippen molar-refractivity contribution in [1.82, 2.24) is 0 Å². The molecule has 0 saturated carbocycles. The van der Waals surface area contributed by atoms with Crippen LogP contribution in [0.25, 0.3) is 0 Å². The van der Waals surface area contributed by atoms with Crippen LogP contribution < -0.4 is 10.1 Å². The van der Waals surface area contributed by atoms with Crippen molar-refractivity contribution in [3.05, 3.63) is 24.3 Å². The monoisotopic (exact) mass is 253 g/mol. The summed E-state index contributed by atoms with van der Waals surface area (Å²) in [5.74, 6) is -0.810. The van der Waals surface area contributed by atoms with Crippen molar-refractivity contribution >= 4 is 17.7 Å².